The van der Waals surface area contributed by atoms with E-state index in [0.717, 1.165) is 21.9 Å². The first-order valence-electron chi connectivity index (χ1n) is 10.8. The summed E-state index contributed by atoms with van der Waals surface area (Å²) in [6, 6.07) is 6.23. The Morgan fingerprint density at radius 1 is 1.06 bits per heavy atom. The van der Waals surface area contributed by atoms with Gasteiger partial charge in [0.25, 0.3) is 10.2 Å². The molecule has 0 radical (unpaired) electrons. The second-order valence-corrected chi connectivity index (χ2v) is 11.1. The van der Waals surface area contributed by atoms with Crippen LogP contribution in [0.25, 0.3) is 11.3 Å². The lowest BCUT2D eigenvalue weighted by Crippen LogP contribution is -2.52. The third kappa shape index (κ3) is 3.91. The molecular weight excluding hydrogens is 486 g/mol. The van der Waals surface area contributed by atoms with E-state index in [1.54, 1.807) is 18.2 Å². The fraction of sp³-hybridized carbons (Fsp3) is 0.571. The zero-order valence-corrected chi connectivity index (χ0v) is 18.9. The van der Waals surface area contributed by atoms with Crippen molar-refractivity contribution in [3.8, 4) is 11.3 Å². The number of benzene rings is 1. The number of rotatable bonds is 2. The molecule has 6 nitrogen and oxygen atoms in total. The van der Waals surface area contributed by atoms with Crippen LogP contribution < -0.4 is 4.72 Å². The highest BCUT2D eigenvalue weighted by Crippen LogP contribution is 2.51. The van der Waals surface area contributed by atoms with Crippen LogP contribution in [0, 0.1) is 11.8 Å². The maximum atomic E-state index is 13.2. The van der Waals surface area contributed by atoms with Gasteiger partial charge in [0, 0.05) is 19.2 Å². The van der Waals surface area contributed by atoms with Gasteiger partial charge in [-0.15, -0.1) is 0 Å². The molecule has 1 N–H and O–H groups in total. The van der Waals surface area contributed by atoms with Crippen molar-refractivity contribution in [3.05, 3.63) is 41.1 Å². The number of hydrogen-bond acceptors (Lipinski definition) is 3. The maximum absolute atomic E-state index is 13.2. The molecule has 1 saturated carbocycles. The number of nitrogens with one attached hydrogen (secondary N) is 1. The smallest absolute Gasteiger partial charge is 0.263 e. The summed E-state index contributed by atoms with van der Waals surface area (Å²) in [7, 11) is -3.06. The van der Waals surface area contributed by atoms with Gasteiger partial charge in [-0.2, -0.15) is 48.9 Å². The molecule has 1 aliphatic heterocycles. The van der Waals surface area contributed by atoms with Crippen molar-refractivity contribution in [3.63, 3.8) is 0 Å². The van der Waals surface area contributed by atoms with Crippen molar-refractivity contribution in [2.75, 3.05) is 13.1 Å². The molecule has 2 bridgehead atoms. The summed E-state index contributed by atoms with van der Waals surface area (Å²) in [4.78, 5) is 0. The molecule has 13 heteroatoms. The zero-order chi connectivity index (χ0) is 24.7. The molecule has 186 valence electrons. The summed E-state index contributed by atoms with van der Waals surface area (Å²) in [5.74, 6) is -0.402. The van der Waals surface area contributed by atoms with Gasteiger partial charge < -0.3 is 0 Å². The normalized spacial score (nSPS) is 28.9. The van der Waals surface area contributed by atoms with Gasteiger partial charge in [-0.05, 0) is 60.8 Å². The molecule has 1 aromatic heterocycles. The Balaban J connectivity index is 1.47. The Labute approximate surface area is 192 Å². The quantitative estimate of drug-likeness (QED) is 0.630. The molecule has 2 aromatic rings. The third-order valence-electron chi connectivity index (χ3n) is 7.38. The first kappa shape index (κ1) is 23.6. The van der Waals surface area contributed by atoms with Gasteiger partial charge in [0.2, 0.25) is 0 Å². The molecular formula is C21H22F6N4O2S. The van der Waals surface area contributed by atoms with Gasteiger partial charge in [-0.1, -0.05) is 12.1 Å². The number of aryl methyl sites for hydroxylation is 1. The van der Waals surface area contributed by atoms with Crippen molar-refractivity contribution in [2.45, 2.75) is 43.6 Å². The lowest BCUT2D eigenvalue weighted by Gasteiger charge is -2.33. The van der Waals surface area contributed by atoms with E-state index in [9.17, 15) is 34.8 Å². The van der Waals surface area contributed by atoms with Crippen molar-refractivity contribution >= 4 is 10.2 Å². The highest BCUT2D eigenvalue weighted by molar-refractivity contribution is 7.87. The van der Waals surface area contributed by atoms with Gasteiger partial charge in [0.05, 0.1) is 11.2 Å². The summed E-state index contributed by atoms with van der Waals surface area (Å²) < 4.78 is 108. The maximum Gasteiger partial charge on any atom is 0.433 e. The highest BCUT2D eigenvalue weighted by Gasteiger charge is 2.60. The van der Waals surface area contributed by atoms with Gasteiger partial charge in [-0.3, -0.25) is 4.68 Å². The molecule has 1 spiro atoms. The highest BCUT2D eigenvalue weighted by atomic mass is 32.2. The predicted molar refractivity (Wildman–Crippen MR) is 110 cm³/mol. The molecule has 1 saturated heterocycles. The van der Waals surface area contributed by atoms with Crippen LogP contribution >= 0.6 is 0 Å². The Kier molecular flexibility index (Phi) is 5.17. The average molecular weight is 508 g/mol. The van der Waals surface area contributed by atoms with Crippen LogP contribution in [0.1, 0.15) is 29.7 Å². The van der Waals surface area contributed by atoms with E-state index in [1.165, 1.54) is 7.05 Å². The van der Waals surface area contributed by atoms with Crippen LogP contribution in [0.15, 0.2) is 24.3 Å². The number of fused-ring (bicyclic) bond motifs is 1. The van der Waals surface area contributed by atoms with Crippen LogP contribution in [0.4, 0.5) is 26.3 Å². The predicted octanol–water partition coefficient (Wildman–Crippen LogP) is 3.68. The van der Waals surface area contributed by atoms with Gasteiger partial charge in [0.1, 0.15) is 12.2 Å². The monoisotopic (exact) mass is 508 g/mol. The molecule has 34 heavy (non-hydrogen) atoms. The van der Waals surface area contributed by atoms with E-state index in [1.807, 2.05) is 0 Å². The molecule has 3 aliphatic rings. The zero-order valence-electron chi connectivity index (χ0n) is 18.0. The minimum atomic E-state index is -4.65. The van der Waals surface area contributed by atoms with E-state index >= 15 is 0 Å². The van der Waals surface area contributed by atoms with Crippen molar-refractivity contribution in [1.29, 1.82) is 0 Å². The van der Waals surface area contributed by atoms with Crippen molar-refractivity contribution in [1.82, 2.24) is 18.8 Å². The van der Waals surface area contributed by atoms with Crippen LogP contribution in [0.5, 0.6) is 0 Å². The van der Waals surface area contributed by atoms with E-state index in [4.69, 9.17) is 0 Å². The fourth-order valence-corrected chi connectivity index (χ4v) is 7.58. The summed E-state index contributed by atoms with van der Waals surface area (Å²) in [6.07, 6.45) is -6.97. The molecule has 2 heterocycles. The molecule has 2 aliphatic carbocycles. The number of nitrogens with zero attached hydrogens (tertiary/aromatic N) is 3. The third-order valence-corrected chi connectivity index (χ3v) is 8.95. The molecule has 5 rings (SSSR count). The van der Waals surface area contributed by atoms with E-state index in [0.29, 0.717) is 35.6 Å². The van der Waals surface area contributed by atoms with Gasteiger partial charge >= 0.3 is 12.4 Å². The minimum absolute atomic E-state index is 0.166. The lowest BCUT2D eigenvalue weighted by atomic mass is 9.79. The second kappa shape index (κ2) is 7.44. The Hall–Kier alpha value is -2.12. The Morgan fingerprint density at radius 3 is 2.29 bits per heavy atom. The summed E-state index contributed by atoms with van der Waals surface area (Å²) in [5.41, 5.74) is 0.577. The first-order chi connectivity index (χ1) is 15.7. The standard InChI is InChI=1S/C21H22F6N4O2S/c1-30-18(21(25,26)27)9-17(28-30)13-3-2-12-7-15-4-5-16(8-14(12)6-13)19(15)10-31(11-20(22,23)24)34(32,33)29-19/h2-3,6,9,15-16,29H,4-5,7-8,10-11H2,1H3/t15-,16+,19+/m0/s1. The Morgan fingerprint density at radius 2 is 1.71 bits per heavy atom. The molecule has 2 fully saturated rings. The van der Waals surface area contributed by atoms with Crippen LogP contribution in [0.3, 0.4) is 0 Å². The molecule has 1 aromatic carbocycles. The van der Waals surface area contributed by atoms with E-state index in [-0.39, 0.29) is 24.1 Å². The first-order valence-corrected chi connectivity index (χ1v) is 12.2. The largest absolute Gasteiger partial charge is 0.433 e. The topological polar surface area (TPSA) is 67.2 Å². The summed E-state index contributed by atoms with van der Waals surface area (Å²) in [5, 5.41) is 3.99. The molecule has 0 unspecified atom stereocenters. The minimum Gasteiger partial charge on any atom is -0.263 e. The number of alkyl halides is 6. The number of aromatic nitrogens is 2. The van der Waals surface area contributed by atoms with Crippen LogP contribution in [-0.2, 0) is 36.3 Å². The summed E-state index contributed by atoms with van der Waals surface area (Å²) in [6.45, 7) is -1.79. The SMILES string of the molecule is Cn1nc(-c2ccc3c(c2)C[C@H]2CC[C@@H](C3)[C@]23CN(CC(F)(F)F)S(=O)(=O)N3)cc1C(F)(F)F. The lowest BCUT2D eigenvalue weighted by molar-refractivity contribution is -0.143. The van der Waals surface area contributed by atoms with Gasteiger partial charge in [-0.25, -0.2) is 0 Å². The van der Waals surface area contributed by atoms with Crippen LogP contribution in [0.2, 0.25) is 0 Å². The van der Waals surface area contributed by atoms with Crippen LogP contribution in [-0.4, -0.2) is 47.3 Å². The second-order valence-electron chi connectivity index (χ2n) is 9.43. The van der Waals surface area contributed by atoms with E-state index in [2.05, 4.69) is 9.82 Å². The van der Waals surface area contributed by atoms with Crippen molar-refractivity contribution < 1.29 is 34.8 Å². The number of halogens is 6. The van der Waals surface area contributed by atoms with E-state index < -0.39 is 40.3 Å². The molecule has 0 amide bonds. The van der Waals surface area contributed by atoms with Crippen molar-refractivity contribution in [2.24, 2.45) is 18.9 Å². The number of hydrogen-bond donors (Lipinski definition) is 1. The Bertz CT molecular complexity index is 1240. The fourth-order valence-electron chi connectivity index (χ4n) is 5.88. The summed E-state index contributed by atoms with van der Waals surface area (Å²) >= 11 is 0. The molecule has 3 atom stereocenters. The van der Waals surface area contributed by atoms with Gasteiger partial charge in [0.15, 0.2) is 0 Å². The average Bonchev–Trinajstić information content (AvgIpc) is 3.26.